The molecule has 2 rings (SSSR count). The van der Waals surface area contributed by atoms with Gasteiger partial charge in [0.2, 0.25) is 0 Å². The summed E-state index contributed by atoms with van der Waals surface area (Å²) < 4.78 is 5.02. The third kappa shape index (κ3) is 3.56. The van der Waals surface area contributed by atoms with Crippen LogP contribution >= 0.6 is 11.6 Å². The molecule has 0 aromatic carbocycles. The van der Waals surface area contributed by atoms with Gasteiger partial charge in [0.1, 0.15) is 16.8 Å². The van der Waals surface area contributed by atoms with Crippen LogP contribution in [-0.4, -0.2) is 30.2 Å². The first kappa shape index (κ1) is 13.6. The van der Waals surface area contributed by atoms with Gasteiger partial charge in [0.15, 0.2) is 0 Å². The Morgan fingerprint density at radius 2 is 2.11 bits per heavy atom. The van der Waals surface area contributed by atoms with Crippen molar-refractivity contribution in [2.75, 3.05) is 25.6 Å². The Morgan fingerprint density at radius 3 is 2.78 bits per heavy atom. The molecule has 0 bridgehead atoms. The van der Waals surface area contributed by atoms with Gasteiger partial charge in [-0.3, -0.25) is 0 Å². The van der Waals surface area contributed by atoms with Crippen molar-refractivity contribution in [2.24, 2.45) is 0 Å². The largest absolute Gasteiger partial charge is 0.385 e. The van der Waals surface area contributed by atoms with Crippen molar-refractivity contribution < 1.29 is 4.74 Å². The molecule has 18 heavy (non-hydrogen) atoms. The number of methoxy groups -OCH3 is 1. The Bertz CT molecular complexity index is 407. The summed E-state index contributed by atoms with van der Waals surface area (Å²) in [5.41, 5.74) is 0.938. The van der Waals surface area contributed by atoms with Gasteiger partial charge in [0.05, 0.1) is 0 Å². The highest BCUT2D eigenvalue weighted by Crippen LogP contribution is 2.39. The van der Waals surface area contributed by atoms with Crippen LogP contribution in [0.25, 0.3) is 0 Å². The maximum Gasteiger partial charge on any atom is 0.137 e. The van der Waals surface area contributed by atoms with Crippen LogP contribution in [0.1, 0.15) is 43.0 Å². The number of nitrogens with zero attached hydrogens (tertiary/aromatic N) is 2. The fourth-order valence-corrected chi connectivity index (χ4v) is 1.96. The topological polar surface area (TPSA) is 47.0 Å². The summed E-state index contributed by atoms with van der Waals surface area (Å²) in [6.45, 7) is 3.65. The van der Waals surface area contributed by atoms with E-state index >= 15 is 0 Å². The summed E-state index contributed by atoms with van der Waals surface area (Å²) in [7, 11) is 1.73. The third-order valence-electron chi connectivity index (χ3n) is 3.11. The fourth-order valence-electron chi connectivity index (χ4n) is 1.78. The summed E-state index contributed by atoms with van der Waals surface area (Å²) in [6, 6.07) is 0. The Balaban J connectivity index is 1.93. The second-order valence-corrected chi connectivity index (χ2v) is 5.11. The van der Waals surface area contributed by atoms with Crippen molar-refractivity contribution in [1.29, 1.82) is 0 Å². The fraction of sp³-hybridized carbons (Fsp3) is 0.692. The maximum atomic E-state index is 6.14. The van der Waals surface area contributed by atoms with E-state index in [-0.39, 0.29) is 0 Å². The van der Waals surface area contributed by atoms with Crippen molar-refractivity contribution in [3.05, 3.63) is 16.5 Å². The molecule has 0 unspecified atom stereocenters. The molecule has 0 saturated heterocycles. The number of ether oxygens (including phenoxy) is 1. The molecule has 1 aliphatic carbocycles. The van der Waals surface area contributed by atoms with E-state index in [0.29, 0.717) is 11.1 Å². The van der Waals surface area contributed by atoms with Crippen molar-refractivity contribution >= 4 is 17.4 Å². The lowest BCUT2D eigenvalue weighted by molar-refractivity contribution is 0.194. The molecule has 0 atom stereocenters. The van der Waals surface area contributed by atoms with Gasteiger partial charge >= 0.3 is 0 Å². The van der Waals surface area contributed by atoms with Crippen LogP contribution < -0.4 is 5.32 Å². The summed E-state index contributed by atoms with van der Waals surface area (Å²) in [5, 5.41) is 3.92. The molecule has 1 aromatic rings. The van der Waals surface area contributed by atoms with E-state index in [9.17, 15) is 0 Å². The van der Waals surface area contributed by atoms with Crippen LogP contribution in [0.4, 0.5) is 5.82 Å². The number of rotatable bonds is 7. The zero-order valence-corrected chi connectivity index (χ0v) is 11.8. The molecule has 0 spiro atoms. The monoisotopic (exact) mass is 269 g/mol. The zero-order chi connectivity index (χ0) is 13.0. The molecule has 5 heteroatoms. The number of halogens is 1. The predicted octanol–water partition coefficient (Wildman–Crippen LogP) is 3.15. The third-order valence-corrected chi connectivity index (χ3v) is 3.48. The highest BCUT2D eigenvalue weighted by Gasteiger charge is 2.27. The van der Waals surface area contributed by atoms with E-state index in [1.807, 2.05) is 6.92 Å². The molecule has 1 saturated carbocycles. The van der Waals surface area contributed by atoms with Gasteiger partial charge in [-0.05, 0) is 32.6 Å². The quantitative estimate of drug-likeness (QED) is 0.610. The summed E-state index contributed by atoms with van der Waals surface area (Å²) >= 11 is 6.14. The van der Waals surface area contributed by atoms with Gasteiger partial charge in [-0.25, -0.2) is 9.97 Å². The Kier molecular flexibility index (Phi) is 4.78. The maximum absolute atomic E-state index is 6.14. The average molecular weight is 270 g/mol. The minimum atomic E-state index is 0.525. The first-order valence-electron chi connectivity index (χ1n) is 6.49. The Morgan fingerprint density at radius 1 is 1.33 bits per heavy atom. The molecule has 1 aliphatic rings. The van der Waals surface area contributed by atoms with Gasteiger partial charge in [0, 0.05) is 31.7 Å². The van der Waals surface area contributed by atoms with E-state index in [1.54, 1.807) is 7.11 Å². The van der Waals surface area contributed by atoms with Gasteiger partial charge in [-0.15, -0.1) is 0 Å². The smallest absolute Gasteiger partial charge is 0.137 e. The SMILES string of the molecule is COCCCCNc1nc(C2CC2)nc(Cl)c1C. The van der Waals surface area contributed by atoms with E-state index in [4.69, 9.17) is 16.3 Å². The van der Waals surface area contributed by atoms with Crippen LogP contribution in [0.5, 0.6) is 0 Å². The van der Waals surface area contributed by atoms with E-state index in [0.717, 1.165) is 43.2 Å². The highest BCUT2D eigenvalue weighted by molar-refractivity contribution is 6.30. The number of hydrogen-bond donors (Lipinski definition) is 1. The molecule has 1 aromatic heterocycles. The lowest BCUT2D eigenvalue weighted by Crippen LogP contribution is -2.09. The summed E-state index contributed by atoms with van der Waals surface area (Å²) in [5.74, 6) is 2.30. The van der Waals surface area contributed by atoms with E-state index in [2.05, 4.69) is 15.3 Å². The molecule has 1 heterocycles. The van der Waals surface area contributed by atoms with Crippen LogP contribution in [0.2, 0.25) is 5.15 Å². The minimum Gasteiger partial charge on any atom is -0.385 e. The van der Waals surface area contributed by atoms with E-state index < -0.39 is 0 Å². The number of hydrogen-bond acceptors (Lipinski definition) is 4. The second kappa shape index (κ2) is 6.34. The minimum absolute atomic E-state index is 0.525. The second-order valence-electron chi connectivity index (χ2n) is 4.75. The number of anilines is 1. The molecule has 0 amide bonds. The van der Waals surface area contributed by atoms with Crippen LogP contribution in [0, 0.1) is 6.92 Å². The van der Waals surface area contributed by atoms with Crippen LogP contribution in [-0.2, 0) is 4.74 Å². The summed E-state index contributed by atoms with van der Waals surface area (Å²) in [4.78, 5) is 8.92. The molecular weight excluding hydrogens is 250 g/mol. The molecular formula is C13H20ClN3O. The van der Waals surface area contributed by atoms with Crippen molar-refractivity contribution in [2.45, 2.75) is 38.5 Å². The molecule has 1 fully saturated rings. The van der Waals surface area contributed by atoms with Gasteiger partial charge in [-0.2, -0.15) is 0 Å². The highest BCUT2D eigenvalue weighted by atomic mass is 35.5. The summed E-state index contributed by atoms with van der Waals surface area (Å²) in [6.07, 6.45) is 4.49. The van der Waals surface area contributed by atoms with Crippen LogP contribution in [0.15, 0.2) is 0 Å². The number of aromatic nitrogens is 2. The molecule has 0 aliphatic heterocycles. The lowest BCUT2D eigenvalue weighted by atomic mass is 10.3. The van der Waals surface area contributed by atoms with Crippen LogP contribution in [0.3, 0.4) is 0 Å². The lowest BCUT2D eigenvalue weighted by Gasteiger charge is -2.11. The van der Waals surface area contributed by atoms with Crippen molar-refractivity contribution in [3.8, 4) is 0 Å². The Hall–Kier alpha value is -0.870. The van der Waals surface area contributed by atoms with Gasteiger partial charge in [0.25, 0.3) is 0 Å². The molecule has 4 nitrogen and oxygen atoms in total. The van der Waals surface area contributed by atoms with Crippen molar-refractivity contribution in [1.82, 2.24) is 9.97 Å². The van der Waals surface area contributed by atoms with Gasteiger partial charge in [-0.1, -0.05) is 11.6 Å². The standard InChI is InChI=1S/C13H20ClN3O/c1-9-11(14)16-13(10-5-6-10)17-12(9)15-7-3-4-8-18-2/h10H,3-8H2,1-2H3,(H,15,16,17). The van der Waals surface area contributed by atoms with Crippen molar-refractivity contribution in [3.63, 3.8) is 0 Å². The Labute approximate surface area is 113 Å². The molecule has 1 N–H and O–H groups in total. The van der Waals surface area contributed by atoms with Gasteiger partial charge < -0.3 is 10.1 Å². The first-order valence-corrected chi connectivity index (χ1v) is 6.87. The molecule has 0 radical (unpaired) electrons. The number of unbranched alkanes of at least 4 members (excludes halogenated alkanes) is 1. The zero-order valence-electron chi connectivity index (χ0n) is 11.0. The normalized spacial score (nSPS) is 14.8. The average Bonchev–Trinajstić information content (AvgIpc) is 3.18. The first-order chi connectivity index (χ1) is 8.72. The predicted molar refractivity (Wildman–Crippen MR) is 73.4 cm³/mol. The molecule has 100 valence electrons. The van der Waals surface area contributed by atoms with E-state index in [1.165, 1.54) is 12.8 Å². The number of nitrogens with one attached hydrogen (secondary N) is 1.